The first-order chi connectivity index (χ1) is 10.9. The van der Waals surface area contributed by atoms with Gasteiger partial charge in [-0.15, -0.1) is 0 Å². The van der Waals surface area contributed by atoms with E-state index in [0.717, 1.165) is 29.8 Å². The number of H-pyrrole nitrogens is 1. The van der Waals surface area contributed by atoms with Gasteiger partial charge in [0.1, 0.15) is 0 Å². The first-order valence-corrected chi connectivity index (χ1v) is 8.19. The molecule has 23 heavy (non-hydrogen) atoms. The lowest BCUT2D eigenvalue weighted by molar-refractivity contribution is 0.0905. The molecule has 2 heterocycles. The van der Waals surface area contributed by atoms with Crippen LogP contribution in [0, 0.1) is 0 Å². The van der Waals surface area contributed by atoms with E-state index in [2.05, 4.69) is 20.8 Å². The predicted octanol–water partition coefficient (Wildman–Crippen LogP) is 3.03. The van der Waals surface area contributed by atoms with E-state index < -0.39 is 5.54 Å². The fraction of sp³-hybridized carbons (Fsp3) is 0.375. The second-order valence-corrected chi connectivity index (χ2v) is 6.98. The van der Waals surface area contributed by atoms with Crippen LogP contribution in [0.25, 0.3) is 0 Å². The van der Waals surface area contributed by atoms with Gasteiger partial charge in [-0.3, -0.25) is 9.89 Å². The first-order valence-electron chi connectivity index (χ1n) is 7.43. The molecule has 0 bridgehead atoms. The number of hydrogen-bond acceptors (Lipinski definition) is 3. The summed E-state index contributed by atoms with van der Waals surface area (Å²) in [7, 11) is 0. The van der Waals surface area contributed by atoms with Crippen LogP contribution >= 0.6 is 23.2 Å². The van der Waals surface area contributed by atoms with Crippen molar-refractivity contribution in [3.63, 3.8) is 0 Å². The molecule has 3 rings (SSSR count). The summed E-state index contributed by atoms with van der Waals surface area (Å²) in [5.74, 6) is -0.206. The van der Waals surface area contributed by atoms with Crippen LogP contribution in [0.4, 0.5) is 0 Å². The molecule has 1 aromatic heterocycles. The number of rotatable bonds is 3. The molecule has 0 spiro atoms. The molecule has 0 atom stereocenters. The molecule has 0 saturated heterocycles. The van der Waals surface area contributed by atoms with Crippen LogP contribution in [-0.2, 0) is 18.5 Å². The molecule has 1 aromatic carbocycles. The van der Waals surface area contributed by atoms with Gasteiger partial charge in [0.15, 0.2) is 5.69 Å². The van der Waals surface area contributed by atoms with E-state index in [1.54, 1.807) is 12.1 Å². The number of carbonyl (C=O) groups excluding carboxylic acids is 1. The molecule has 1 aliphatic heterocycles. The van der Waals surface area contributed by atoms with Crippen LogP contribution in [0.1, 0.15) is 41.2 Å². The second kappa shape index (κ2) is 6.15. The molecule has 1 aliphatic rings. The van der Waals surface area contributed by atoms with Crippen molar-refractivity contribution in [1.29, 1.82) is 0 Å². The van der Waals surface area contributed by atoms with Crippen molar-refractivity contribution in [1.82, 2.24) is 20.8 Å². The number of fused-ring (bicyclic) bond motifs is 1. The van der Waals surface area contributed by atoms with Gasteiger partial charge in [0.25, 0.3) is 5.91 Å². The third kappa shape index (κ3) is 3.22. The smallest absolute Gasteiger partial charge is 0.272 e. The molecule has 1 amide bonds. The predicted molar refractivity (Wildman–Crippen MR) is 91.0 cm³/mol. The summed E-state index contributed by atoms with van der Waals surface area (Å²) in [5, 5.41) is 14.4. The SMILES string of the molecule is CC(C)(NC(=O)c1n[nH]c2c1CNCC2)c1ccc(Cl)c(Cl)c1. The topological polar surface area (TPSA) is 69.8 Å². The van der Waals surface area contributed by atoms with Gasteiger partial charge in [-0.1, -0.05) is 29.3 Å². The third-order valence-electron chi connectivity index (χ3n) is 4.09. The van der Waals surface area contributed by atoms with Crippen LogP contribution in [0.15, 0.2) is 18.2 Å². The van der Waals surface area contributed by atoms with Gasteiger partial charge in [0.2, 0.25) is 0 Å². The van der Waals surface area contributed by atoms with Crippen molar-refractivity contribution in [3.05, 3.63) is 50.8 Å². The molecular formula is C16H18Cl2N4O. The minimum atomic E-state index is -0.598. The maximum absolute atomic E-state index is 12.6. The van der Waals surface area contributed by atoms with Crippen molar-refractivity contribution in [2.75, 3.05) is 6.54 Å². The number of nitrogens with one attached hydrogen (secondary N) is 3. The van der Waals surface area contributed by atoms with Crippen molar-refractivity contribution in [2.45, 2.75) is 32.4 Å². The molecule has 5 nitrogen and oxygen atoms in total. The molecule has 0 unspecified atom stereocenters. The first kappa shape index (κ1) is 16.3. The van der Waals surface area contributed by atoms with E-state index in [9.17, 15) is 4.79 Å². The number of aromatic amines is 1. The lowest BCUT2D eigenvalue weighted by Crippen LogP contribution is -2.41. The molecule has 0 radical (unpaired) electrons. The highest BCUT2D eigenvalue weighted by atomic mass is 35.5. The van der Waals surface area contributed by atoms with E-state index in [1.807, 2.05) is 19.9 Å². The second-order valence-electron chi connectivity index (χ2n) is 6.16. The van der Waals surface area contributed by atoms with E-state index in [-0.39, 0.29) is 5.91 Å². The highest BCUT2D eigenvalue weighted by molar-refractivity contribution is 6.42. The van der Waals surface area contributed by atoms with Crippen molar-refractivity contribution in [3.8, 4) is 0 Å². The Balaban J connectivity index is 1.83. The summed E-state index contributed by atoms with van der Waals surface area (Å²) in [4.78, 5) is 12.6. The average Bonchev–Trinajstić information content (AvgIpc) is 2.93. The number of nitrogens with zero attached hydrogens (tertiary/aromatic N) is 1. The fourth-order valence-electron chi connectivity index (χ4n) is 2.71. The molecule has 0 saturated carbocycles. The maximum Gasteiger partial charge on any atom is 0.272 e. The zero-order valence-electron chi connectivity index (χ0n) is 13.0. The Kier molecular flexibility index (Phi) is 4.36. The maximum atomic E-state index is 12.6. The number of amides is 1. The van der Waals surface area contributed by atoms with Crippen molar-refractivity contribution in [2.24, 2.45) is 0 Å². The Bertz CT molecular complexity index is 755. The summed E-state index contributed by atoms with van der Waals surface area (Å²) in [6, 6.07) is 5.36. The summed E-state index contributed by atoms with van der Waals surface area (Å²) >= 11 is 12.0. The minimum Gasteiger partial charge on any atom is -0.342 e. The summed E-state index contributed by atoms with van der Waals surface area (Å²) < 4.78 is 0. The van der Waals surface area contributed by atoms with Gasteiger partial charge >= 0.3 is 0 Å². The molecule has 7 heteroatoms. The quantitative estimate of drug-likeness (QED) is 0.795. The number of hydrogen-bond donors (Lipinski definition) is 3. The molecule has 2 aromatic rings. The van der Waals surface area contributed by atoms with E-state index in [4.69, 9.17) is 23.2 Å². The molecule has 0 fully saturated rings. The lowest BCUT2D eigenvalue weighted by Gasteiger charge is -2.27. The Labute approximate surface area is 144 Å². The van der Waals surface area contributed by atoms with Crippen LogP contribution in [0.2, 0.25) is 10.0 Å². The van der Waals surface area contributed by atoms with Crippen LogP contribution < -0.4 is 10.6 Å². The molecule has 0 aliphatic carbocycles. The van der Waals surface area contributed by atoms with Gasteiger partial charge in [0, 0.05) is 30.8 Å². The Hall–Kier alpha value is -1.56. The van der Waals surface area contributed by atoms with Gasteiger partial charge in [-0.05, 0) is 31.5 Å². The standard InChI is InChI=1S/C16H18Cl2N4O/c1-16(2,9-3-4-11(17)12(18)7-9)20-15(23)14-10-8-19-6-5-13(10)21-22-14/h3-4,7,19H,5-6,8H2,1-2H3,(H,20,23)(H,21,22). The zero-order valence-corrected chi connectivity index (χ0v) is 14.5. The van der Waals surface area contributed by atoms with Gasteiger partial charge in [0.05, 0.1) is 15.6 Å². The van der Waals surface area contributed by atoms with Crippen LogP contribution in [-0.4, -0.2) is 22.6 Å². The minimum absolute atomic E-state index is 0.206. The Morgan fingerprint density at radius 2 is 2.09 bits per heavy atom. The zero-order chi connectivity index (χ0) is 16.6. The normalized spacial score (nSPS) is 14.4. The fourth-order valence-corrected chi connectivity index (χ4v) is 3.01. The molecule has 3 N–H and O–H groups in total. The third-order valence-corrected chi connectivity index (χ3v) is 4.83. The molecular weight excluding hydrogens is 335 g/mol. The number of halogens is 2. The average molecular weight is 353 g/mol. The summed E-state index contributed by atoms with van der Waals surface area (Å²) in [6.07, 6.45) is 0.853. The van der Waals surface area contributed by atoms with Crippen LogP contribution in [0.5, 0.6) is 0 Å². The Morgan fingerprint density at radius 1 is 1.30 bits per heavy atom. The van der Waals surface area contributed by atoms with Gasteiger partial charge in [-0.25, -0.2) is 0 Å². The van der Waals surface area contributed by atoms with Gasteiger partial charge < -0.3 is 10.6 Å². The van der Waals surface area contributed by atoms with Crippen LogP contribution in [0.3, 0.4) is 0 Å². The Morgan fingerprint density at radius 3 is 2.83 bits per heavy atom. The van der Waals surface area contributed by atoms with E-state index in [0.29, 0.717) is 22.3 Å². The van der Waals surface area contributed by atoms with E-state index >= 15 is 0 Å². The number of aromatic nitrogens is 2. The van der Waals surface area contributed by atoms with Gasteiger partial charge in [-0.2, -0.15) is 5.10 Å². The molecule has 122 valence electrons. The largest absolute Gasteiger partial charge is 0.342 e. The summed E-state index contributed by atoms with van der Waals surface area (Å²) in [5.41, 5.74) is 2.70. The highest BCUT2D eigenvalue weighted by Crippen LogP contribution is 2.29. The monoisotopic (exact) mass is 352 g/mol. The number of carbonyl (C=O) groups is 1. The van der Waals surface area contributed by atoms with E-state index in [1.165, 1.54) is 0 Å². The number of benzene rings is 1. The lowest BCUT2D eigenvalue weighted by atomic mass is 9.94. The van der Waals surface area contributed by atoms with Crippen molar-refractivity contribution < 1.29 is 4.79 Å². The highest BCUT2D eigenvalue weighted by Gasteiger charge is 2.28. The summed E-state index contributed by atoms with van der Waals surface area (Å²) in [6.45, 7) is 5.39. The van der Waals surface area contributed by atoms with Crippen molar-refractivity contribution >= 4 is 29.1 Å².